The van der Waals surface area contributed by atoms with Gasteiger partial charge in [0, 0.05) is 6.04 Å². The van der Waals surface area contributed by atoms with Crippen LogP contribution in [0, 0.1) is 5.92 Å². The van der Waals surface area contributed by atoms with Crippen molar-refractivity contribution < 1.29 is 4.74 Å². The average Bonchev–Trinajstić information content (AvgIpc) is 2.36. The highest BCUT2D eigenvalue weighted by Gasteiger charge is 2.30. The summed E-state index contributed by atoms with van der Waals surface area (Å²) in [5, 5.41) is 3.54. The van der Waals surface area contributed by atoms with Gasteiger partial charge in [-0.1, -0.05) is 24.6 Å². The fourth-order valence-electron chi connectivity index (χ4n) is 3.36. The molecule has 2 atom stereocenters. The van der Waals surface area contributed by atoms with Crippen LogP contribution in [-0.4, -0.2) is 19.7 Å². The van der Waals surface area contributed by atoms with Gasteiger partial charge in [0.2, 0.25) is 0 Å². The molecule has 2 heteroatoms. The van der Waals surface area contributed by atoms with E-state index in [0.717, 1.165) is 18.3 Å². The number of nitrogens with one attached hydrogen (secondary N) is 1. The van der Waals surface area contributed by atoms with Crippen molar-refractivity contribution in [2.45, 2.75) is 44.1 Å². The number of benzene rings is 1. The predicted molar refractivity (Wildman–Crippen MR) is 74.1 cm³/mol. The molecule has 0 saturated heterocycles. The second kappa shape index (κ2) is 5.31. The second-order valence-electron chi connectivity index (χ2n) is 5.69. The fourth-order valence-corrected chi connectivity index (χ4v) is 3.36. The third kappa shape index (κ3) is 2.26. The highest BCUT2D eigenvalue weighted by Crippen LogP contribution is 2.39. The Bertz CT molecular complexity index is 400. The quantitative estimate of drug-likeness (QED) is 0.878. The summed E-state index contributed by atoms with van der Waals surface area (Å²) in [5.41, 5.74) is 1.42. The lowest BCUT2D eigenvalue weighted by Gasteiger charge is -2.37. The molecular formula is C16H23NO. The summed E-state index contributed by atoms with van der Waals surface area (Å²) in [4.78, 5) is 0. The van der Waals surface area contributed by atoms with E-state index in [1.54, 1.807) is 0 Å². The van der Waals surface area contributed by atoms with E-state index in [2.05, 4.69) is 36.6 Å². The molecule has 0 spiro atoms. The van der Waals surface area contributed by atoms with E-state index >= 15 is 0 Å². The van der Waals surface area contributed by atoms with Gasteiger partial charge < -0.3 is 10.1 Å². The lowest BCUT2D eigenvalue weighted by molar-refractivity contribution is 0.199. The lowest BCUT2D eigenvalue weighted by Crippen LogP contribution is -2.39. The molecule has 0 amide bonds. The number of para-hydroxylation sites is 1. The maximum atomic E-state index is 5.75. The molecule has 1 aromatic rings. The highest BCUT2D eigenvalue weighted by molar-refractivity contribution is 5.37. The summed E-state index contributed by atoms with van der Waals surface area (Å²) in [6.45, 7) is 0.878. The van der Waals surface area contributed by atoms with E-state index in [9.17, 15) is 0 Å². The van der Waals surface area contributed by atoms with Crippen LogP contribution < -0.4 is 10.1 Å². The van der Waals surface area contributed by atoms with Crippen molar-refractivity contribution in [3.05, 3.63) is 29.8 Å². The molecule has 1 heterocycles. The van der Waals surface area contributed by atoms with Crippen molar-refractivity contribution in [3.8, 4) is 5.75 Å². The van der Waals surface area contributed by atoms with E-state index in [1.807, 2.05) is 0 Å². The Balaban J connectivity index is 1.72. The van der Waals surface area contributed by atoms with E-state index < -0.39 is 0 Å². The minimum atomic E-state index is 0.674. The van der Waals surface area contributed by atoms with Gasteiger partial charge in [-0.15, -0.1) is 0 Å². The molecule has 1 N–H and O–H groups in total. The average molecular weight is 245 g/mol. The van der Waals surface area contributed by atoms with Crippen LogP contribution >= 0.6 is 0 Å². The van der Waals surface area contributed by atoms with E-state index in [4.69, 9.17) is 4.74 Å². The molecular weight excluding hydrogens is 222 g/mol. The van der Waals surface area contributed by atoms with Gasteiger partial charge in [-0.2, -0.15) is 0 Å². The Morgan fingerprint density at radius 1 is 1.28 bits per heavy atom. The molecule has 1 aliphatic carbocycles. The Morgan fingerprint density at radius 3 is 2.83 bits per heavy atom. The van der Waals surface area contributed by atoms with E-state index in [1.165, 1.54) is 37.7 Å². The summed E-state index contributed by atoms with van der Waals surface area (Å²) in [5.74, 6) is 2.69. The number of hydrogen-bond acceptors (Lipinski definition) is 2. The fraction of sp³-hybridized carbons (Fsp3) is 0.625. The molecule has 0 aromatic heterocycles. The second-order valence-corrected chi connectivity index (χ2v) is 5.69. The summed E-state index contributed by atoms with van der Waals surface area (Å²) in [6, 6.07) is 9.25. The first kappa shape index (κ1) is 12.0. The number of ether oxygens (including phenoxy) is 1. The molecule has 1 fully saturated rings. The van der Waals surface area contributed by atoms with Gasteiger partial charge in [0.1, 0.15) is 5.75 Å². The SMILES string of the molecule is CNC(CC1CCOc2ccccc21)C1CCC1. The van der Waals surface area contributed by atoms with E-state index in [0.29, 0.717) is 12.0 Å². The van der Waals surface area contributed by atoms with Gasteiger partial charge in [0.25, 0.3) is 0 Å². The van der Waals surface area contributed by atoms with Gasteiger partial charge in [0.05, 0.1) is 6.61 Å². The molecule has 1 saturated carbocycles. The van der Waals surface area contributed by atoms with Gasteiger partial charge >= 0.3 is 0 Å². The van der Waals surface area contributed by atoms with E-state index in [-0.39, 0.29) is 0 Å². The number of fused-ring (bicyclic) bond motifs is 1. The minimum absolute atomic E-state index is 0.674. The van der Waals surface area contributed by atoms with Crippen molar-refractivity contribution in [2.75, 3.05) is 13.7 Å². The third-order valence-corrected chi connectivity index (χ3v) is 4.71. The van der Waals surface area contributed by atoms with Crippen molar-refractivity contribution in [1.82, 2.24) is 5.32 Å². The summed E-state index contributed by atoms with van der Waals surface area (Å²) in [7, 11) is 2.12. The Kier molecular flexibility index (Phi) is 3.55. The maximum absolute atomic E-state index is 5.75. The van der Waals surface area contributed by atoms with Crippen LogP contribution in [-0.2, 0) is 0 Å². The lowest BCUT2D eigenvalue weighted by atomic mass is 9.75. The Morgan fingerprint density at radius 2 is 2.11 bits per heavy atom. The normalized spacial score (nSPS) is 24.8. The number of rotatable bonds is 4. The van der Waals surface area contributed by atoms with Crippen LogP contribution in [0.4, 0.5) is 0 Å². The van der Waals surface area contributed by atoms with Gasteiger partial charge in [-0.3, -0.25) is 0 Å². The predicted octanol–water partition coefficient (Wildman–Crippen LogP) is 3.33. The first-order valence-electron chi connectivity index (χ1n) is 7.27. The molecule has 3 rings (SSSR count). The summed E-state index contributed by atoms with van der Waals surface area (Å²) >= 11 is 0. The van der Waals surface area contributed by atoms with Crippen molar-refractivity contribution in [1.29, 1.82) is 0 Å². The van der Waals surface area contributed by atoms with Gasteiger partial charge in [-0.05, 0) is 56.2 Å². The van der Waals surface area contributed by atoms with Crippen LogP contribution in [0.15, 0.2) is 24.3 Å². The van der Waals surface area contributed by atoms with Crippen molar-refractivity contribution >= 4 is 0 Å². The highest BCUT2D eigenvalue weighted by atomic mass is 16.5. The first-order chi connectivity index (χ1) is 8.88. The van der Waals surface area contributed by atoms with Crippen LogP contribution in [0.2, 0.25) is 0 Å². The molecule has 0 bridgehead atoms. The first-order valence-corrected chi connectivity index (χ1v) is 7.27. The summed E-state index contributed by atoms with van der Waals surface area (Å²) in [6.07, 6.45) is 6.68. The maximum Gasteiger partial charge on any atom is 0.122 e. The zero-order valence-corrected chi connectivity index (χ0v) is 11.2. The summed E-state index contributed by atoms with van der Waals surface area (Å²) < 4.78 is 5.75. The third-order valence-electron chi connectivity index (χ3n) is 4.71. The van der Waals surface area contributed by atoms with Gasteiger partial charge in [-0.25, -0.2) is 0 Å². The van der Waals surface area contributed by atoms with Crippen molar-refractivity contribution in [3.63, 3.8) is 0 Å². The molecule has 2 aliphatic rings. The topological polar surface area (TPSA) is 21.3 Å². The monoisotopic (exact) mass is 245 g/mol. The molecule has 0 radical (unpaired) electrons. The molecule has 1 aliphatic heterocycles. The molecule has 98 valence electrons. The number of hydrogen-bond donors (Lipinski definition) is 1. The van der Waals surface area contributed by atoms with Crippen LogP contribution in [0.25, 0.3) is 0 Å². The Hall–Kier alpha value is -1.02. The zero-order chi connectivity index (χ0) is 12.4. The molecule has 1 aromatic carbocycles. The molecule has 2 unspecified atom stereocenters. The molecule has 18 heavy (non-hydrogen) atoms. The minimum Gasteiger partial charge on any atom is -0.493 e. The Labute approximate surface area is 110 Å². The zero-order valence-electron chi connectivity index (χ0n) is 11.2. The van der Waals surface area contributed by atoms with Gasteiger partial charge in [0.15, 0.2) is 0 Å². The van der Waals surface area contributed by atoms with Crippen LogP contribution in [0.3, 0.4) is 0 Å². The van der Waals surface area contributed by atoms with Crippen LogP contribution in [0.5, 0.6) is 5.75 Å². The van der Waals surface area contributed by atoms with Crippen molar-refractivity contribution in [2.24, 2.45) is 5.92 Å². The smallest absolute Gasteiger partial charge is 0.122 e. The standard InChI is InChI=1S/C16H23NO/c1-17-15(12-5-4-6-12)11-13-9-10-18-16-8-3-2-7-14(13)16/h2-3,7-8,12-13,15,17H,4-6,9-11H2,1H3. The van der Waals surface area contributed by atoms with Crippen LogP contribution in [0.1, 0.15) is 43.6 Å². The molecule has 2 nitrogen and oxygen atoms in total. The largest absolute Gasteiger partial charge is 0.493 e.